The zero-order valence-electron chi connectivity index (χ0n) is 9.63. The molecule has 1 heterocycles. The van der Waals surface area contributed by atoms with Gasteiger partial charge in [-0.15, -0.1) is 0 Å². The highest BCUT2D eigenvalue weighted by Gasteiger charge is 2.36. The molecule has 17 heavy (non-hydrogen) atoms. The van der Waals surface area contributed by atoms with Crippen LogP contribution in [0.5, 0.6) is 0 Å². The minimum Gasteiger partial charge on any atom is -0.386 e. The average molecular weight is 225 g/mol. The van der Waals surface area contributed by atoms with Crippen molar-refractivity contribution in [2.45, 2.75) is 12.8 Å². The summed E-state index contributed by atoms with van der Waals surface area (Å²) in [6, 6.07) is 12.3. The lowest BCUT2D eigenvalue weighted by atomic mass is 9.83. The topological polar surface area (TPSA) is 62.2 Å². The molecule has 2 rings (SSSR count). The molecule has 1 aromatic rings. The summed E-state index contributed by atoms with van der Waals surface area (Å²) in [5, 5.41) is 9.24. The molecular formula is C14H15N3. The van der Waals surface area contributed by atoms with Crippen LogP contribution in [0.4, 0.5) is 0 Å². The van der Waals surface area contributed by atoms with Crippen LogP contribution in [0.3, 0.4) is 0 Å². The summed E-state index contributed by atoms with van der Waals surface area (Å²) in [7, 11) is 0. The second kappa shape index (κ2) is 4.84. The van der Waals surface area contributed by atoms with E-state index in [2.05, 4.69) is 11.1 Å². The fraction of sp³-hybridized carbons (Fsp3) is 0.286. The molecule has 2 N–H and O–H groups in total. The Balaban J connectivity index is 2.06. The molecule has 1 aliphatic heterocycles. The molecule has 1 aliphatic rings. The van der Waals surface area contributed by atoms with E-state index >= 15 is 0 Å². The second-order valence-corrected chi connectivity index (χ2v) is 4.23. The number of hydrogen-bond donors (Lipinski definition) is 1. The van der Waals surface area contributed by atoms with Gasteiger partial charge in [-0.3, -0.25) is 4.99 Å². The largest absolute Gasteiger partial charge is 0.386 e. The van der Waals surface area contributed by atoms with Gasteiger partial charge in [0.15, 0.2) is 0 Å². The first kappa shape index (κ1) is 11.4. The number of amidine groups is 1. The Bertz CT molecular complexity index is 482. The second-order valence-electron chi connectivity index (χ2n) is 4.23. The molecule has 0 bridgehead atoms. The molecule has 0 saturated heterocycles. The van der Waals surface area contributed by atoms with E-state index < -0.39 is 5.41 Å². The maximum Gasteiger partial charge on any atom is 0.119 e. The Hall–Kier alpha value is -2.08. The average Bonchev–Trinajstić information content (AvgIpc) is 2.73. The van der Waals surface area contributed by atoms with Gasteiger partial charge >= 0.3 is 0 Å². The van der Waals surface area contributed by atoms with E-state index in [4.69, 9.17) is 5.73 Å². The zero-order chi connectivity index (χ0) is 12.1. The van der Waals surface area contributed by atoms with Gasteiger partial charge < -0.3 is 5.73 Å². The van der Waals surface area contributed by atoms with Crippen LogP contribution in [0, 0.1) is 16.7 Å². The summed E-state index contributed by atoms with van der Waals surface area (Å²) in [5.41, 5.74) is 6.35. The first-order valence-corrected chi connectivity index (χ1v) is 5.70. The molecule has 1 atom stereocenters. The molecule has 1 aromatic carbocycles. The maximum atomic E-state index is 9.24. The third-order valence-electron chi connectivity index (χ3n) is 3.10. The lowest BCUT2D eigenvalue weighted by molar-refractivity contribution is 0.548. The molecule has 0 aromatic heterocycles. The highest BCUT2D eigenvalue weighted by molar-refractivity contribution is 5.90. The van der Waals surface area contributed by atoms with Crippen LogP contribution in [0.1, 0.15) is 18.4 Å². The fourth-order valence-electron chi connectivity index (χ4n) is 1.97. The normalized spacial score (nSPS) is 23.6. The molecule has 0 radical (unpaired) electrons. The Morgan fingerprint density at radius 2 is 2.18 bits per heavy atom. The van der Waals surface area contributed by atoms with Gasteiger partial charge in [-0.25, -0.2) is 0 Å². The summed E-state index contributed by atoms with van der Waals surface area (Å²) in [5.74, 6) is 0.484. The summed E-state index contributed by atoms with van der Waals surface area (Å²) in [4.78, 5) is 4.12. The number of hydrogen-bond acceptors (Lipinski definition) is 3. The third kappa shape index (κ3) is 2.36. The molecule has 0 fully saturated rings. The quantitative estimate of drug-likeness (QED) is 0.858. The van der Waals surface area contributed by atoms with Gasteiger partial charge in [-0.05, 0) is 18.4 Å². The van der Waals surface area contributed by atoms with Gasteiger partial charge in [0, 0.05) is 6.54 Å². The van der Waals surface area contributed by atoms with E-state index in [0.717, 1.165) is 12.0 Å². The predicted octanol–water partition coefficient (Wildman–Crippen LogP) is 2.36. The Morgan fingerprint density at radius 3 is 2.76 bits per heavy atom. The van der Waals surface area contributed by atoms with Crippen molar-refractivity contribution in [2.75, 3.05) is 6.54 Å². The number of allylic oxidation sites excluding steroid dienone is 1. The highest BCUT2D eigenvalue weighted by Crippen LogP contribution is 2.31. The van der Waals surface area contributed by atoms with Crippen LogP contribution < -0.4 is 5.73 Å². The van der Waals surface area contributed by atoms with Crippen LogP contribution in [0.2, 0.25) is 0 Å². The van der Waals surface area contributed by atoms with Gasteiger partial charge in [0.1, 0.15) is 11.3 Å². The van der Waals surface area contributed by atoms with E-state index in [0.29, 0.717) is 18.8 Å². The smallest absolute Gasteiger partial charge is 0.119 e. The lowest BCUT2D eigenvalue weighted by Gasteiger charge is -2.17. The van der Waals surface area contributed by atoms with Crippen molar-refractivity contribution in [3.63, 3.8) is 0 Å². The maximum absolute atomic E-state index is 9.24. The van der Waals surface area contributed by atoms with Gasteiger partial charge in [0.05, 0.1) is 6.07 Å². The molecular weight excluding hydrogens is 210 g/mol. The van der Waals surface area contributed by atoms with E-state index in [9.17, 15) is 5.26 Å². The minimum absolute atomic E-state index is 0.484. The van der Waals surface area contributed by atoms with Crippen LogP contribution >= 0.6 is 0 Å². The van der Waals surface area contributed by atoms with Crippen molar-refractivity contribution in [1.82, 2.24) is 0 Å². The van der Waals surface area contributed by atoms with Gasteiger partial charge in [0.25, 0.3) is 0 Å². The number of nitrogens with zero attached hydrogens (tertiary/aromatic N) is 2. The van der Waals surface area contributed by atoms with Gasteiger partial charge in [0.2, 0.25) is 0 Å². The Kier molecular flexibility index (Phi) is 3.24. The van der Waals surface area contributed by atoms with E-state index in [1.54, 1.807) is 0 Å². The molecule has 1 unspecified atom stereocenters. The first-order valence-electron chi connectivity index (χ1n) is 5.70. The number of rotatable bonds is 3. The SMILES string of the molecule is N#CC1(C/C=C/c2ccccc2)CCN=C1N. The van der Waals surface area contributed by atoms with Crippen molar-refractivity contribution in [3.05, 3.63) is 42.0 Å². The summed E-state index contributed by atoms with van der Waals surface area (Å²) in [6.07, 6.45) is 5.39. The standard InChI is InChI=1S/C14H15N3/c15-11-14(9-10-17-13(14)16)8-4-7-12-5-2-1-3-6-12/h1-7H,8-10H2,(H2,16,17)/b7-4+. The molecule has 0 amide bonds. The van der Waals surface area contributed by atoms with Gasteiger partial charge in [-0.2, -0.15) is 5.26 Å². The summed E-state index contributed by atoms with van der Waals surface area (Å²) in [6.45, 7) is 0.665. The van der Waals surface area contributed by atoms with Gasteiger partial charge in [-0.1, -0.05) is 42.5 Å². The molecule has 0 aliphatic carbocycles. The van der Waals surface area contributed by atoms with Crippen molar-refractivity contribution in [3.8, 4) is 6.07 Å². The van der Waals surface area contributed by atoms with E-state index in [1.807, 2.05) is 42.5 Å². The van der Waals surface area contributed by atoms with Crippen LogP contribution in [-0.2, 0) is 0 Å². The van der Waals surface area contributed by atoms with E-state index in [1.165, 1.54) is 0 Å². The van der Waals surface area contributed by atoms with Crippen LogP contribution in [0.25, 0.3) is 6.08 Å². The summed E-state index contributed by atoms with van der Waals surface area (Å²) >= 11 is 0. The lowest BCUT2D eigenvalue weighted by Crippen LogP contribution is -2.32. The number of aliphatic imine (C=N–C) groups is 1. The number of nitriles is 1. The van der Waals surface area contributed by atoms with E-state index in [-0.39, 0.29) is 0 Å². The first-order chi connectivity index (χ1) is 8.27. The Morgan fingerprint density at radius 1 is 1.41 bits per heavy atom. The highest BCUT2D eigenvalue weighted by atomic mass is 14.9. The van der Waals surface area contributed by atoms with Crippen LogP contribution in [0.15, 0.2) is 41.4 Å². The van der Waals surface area contributed by atoms with Crippen LogP contribution in [-0.4, -0.2) is 12.4 Å². The van der Waals surface area contributed by atoms with Crippen molar-refractivity contribution in [2.24, 2.45) is 16.1 Å². The number of nitrogens with two attached hydrogens (primary N) is 1. The fourth-order valence-corrected chi connectivity index (χ4v) is 1.97. The van der Waals surface area contributed by atoms with Crippen molar-refractivity contribution >= 4 is 11.9 Å². The summed E-state index contributed by atoms with van der Waals surface area (Å²) < 4.78 is 0. The molecule has 86 valence electrons. The third-order valence-corrected chi connectivity index (χ3v) is 3.10. The predicted molar refractivity (Wildman–Crippen MR) is 69.2 cm³/mol. The molecule has 3 nitrogen and oxygen atoms in total. The zero-order valence-corrected chi connectivity index (χ0v) is 9.63. The number of benzene rings is 1. The van der Waals surface area contributed by atoms with Crippen molar-refractivity contribution in [1.29, 1.82) is 5.26 Å². The molecule has 0 spiro atoms. The Labute approximate surface area is 101 Å². The van der Waals surface area contributed by atoms with Crippen molar-refractivity contribution < 1.29 is 0 Å². The molecule has 0 saturated carbocycles. The monoisotopic (exact) mass is 225 g/mol. The molecule has 3 heteroatoms. The minimum atomic E-state index is -0.578.